The van der Waals surface area contributed by atoms with Crippen molar-refractivity contribution < 1.29 is 4.74 Å². The quantitative estimate of drug-likeness (QED) is 0.522. The van der Waals surface area contributed by atoms with Gasteiger partial charge in [0.25, 0.3) is 0 Å². The molecule has 0 radical (unpaired) electrons. The van der Waals surface area contributed by atoms with Crippen LogP contribution in [-0.2, 0) is 11.3 Å². The molecule has 0 saturated heterocycles. The molecule has 0 spiro atoms. The van der Waals surface area contributed by atoms with E-state index in [0.29, 0.717) is 11.8 Å². The largest absolute Gasteiger partial charge is 0.377 e. The smallest absolute Gasteiger partial charge is 0.129 e. The third kappa shape index (κ3) is 5.75. The summed E-state index contributed by atoms with van der Waals surface area (Å²) in [5.41, 5.74) is 1.08. The van der Waals surface area contributed by atoms with Gasteiger partial charge >= 0.3 is 0 Å². The zero-order valence-corrected chi connectivity index (χ0v) is 9.96. The van der Waals surface area contributed by atoms with Gasteiger partial charge in [0, 0.05) is 12.8 Å². The van der Waals surface area contributed by atoms with Crippen molar-refractivity contribution in [2.24, 2.45) is 0 Å². The minimum absolute atomic E-state index is 0.529. The minimum Gasteiger partial charge on any atom is -0.377 e. The molecule has 84 valence electrons. The van der Waals surface area contributed by atoms with E-state index >= 15 is 0 Å². The molecular formula is C12H18ClNO. The van der Waals surface area contributed by atoms with Crippen LogP contribution >= 0.6 is 11.6 Å². The standard InChI is InChI=1S/C12H18ClNO/c1-2-3-4-5-8-15-10-11-6-7-12(13)14-9-11/h6-7,9H,2-5,8,10H2,1H3. The average Bonchev–Trinajstić information content (AvgIpc) is 2.26. The number of ether oxygens (including phenoxy) is 1. The zero-order valence-electron chi connectivity index (χ0n) is 9.21. The second-order valence-corrected chi connectivity index (χ2v) is 3.99. The molecule has 3 heteroatoms. The highest BCUT2D eigenvalue weighted by atomic mass is 35.5. The van der Waals surface area contributed by atoms with Crippen LogP contribution in [0.2, 0.25) is 5.15 Å². The molecule has 0 unspecified atom stereocenters. The van der Waals surface area contributed by atoms with E-state index in [1.807, 2.05) is 6.07 Å². The van der Waals surface area contributed by atoms with E-state index in [4.69, 9.17) is 16.3 Å². The Morgan fingerprint density at radius 2 is 2.13 bits per heavy atom. The van der Waals surface area contributed by atoms with Crippen molar-refractivity contribution in [2.45, 2.75) is 39.2 Å². The van der Waals surface area contributed by atoms with E-state index < -0.39 is 0 Å². The predicted molar refractivity (Wildman–Crippen MR) is 63.0 cm³/mol. The van der Waals surface area contributed by atoms with Crippen molar-refractivity contribution >= 4 is 11.6 Å². The minimum atomic E-state index is 0.529. The van der Waals surface area contributed by atoms with E-state index in [-0.39, 0.29) is 0 Å². The lowest BCUT2D eigenvalue weighted by molar-refractivity contribution is 0.116. The number of pyridine rings is 1. The first-order valence-corrected chi connectivity index (χ1v) is 5.89. The van der Waals surface area contributed by atoms with E-state index in [1.165, 1.54) is 19.3 Å². The lowest BCUT2D eigenvalue weighted by atomic mass is 10.2. The molecule has 0 aliphatic rings. The molecule has 2 nitrogen and oxygen atoms in total. The summed E-state index contributed by atoms with van der Waals surface area (Å²) in [6.07, 6.45) is 6.73. The van der Waals surface area contributed by atoms with Gasteiger partial charge in [-0.2, -0.15) is 0 Å². The van der Waals surface area contributed by atoms with E-state index in [0.717, 1.165) is 18.6 Å². The molecule has 1 heterocycles. The maximum atomic E-state index is 5.68. The van der Waals surface area contributed by atoms with Gasteiger partial charge in [0.1, 0.15) is 5.15 Å². The molecule has 0 aliphatic heterocycles. The second kappa shape index (κ2) is 7.66. The number of halogens is 1. The zero-order chi connectivity index (χ0) is 10.9. The third-order valence-electron chi connectivity index (χ3n) is 2.20. The maximum Gasteiger partial charge on any atom is 0.129 e. The normalized spacial score (nSPS) is 10.5. The Balaban J connectivity index is 2.07. The van der Waals surface area contributed by atoms with Crippen molar-refractivity contribution in [3.05, 3.63) is 29.0 Å². The lowest BCUT2D eigenvalue weighted by Gasteiger charge is -2.03. The molecule has 0 aliphatic carbocycles. The van der Waals surface area contributed by atoms with Crippen LogP contribution < -0.4 is 0 Å². The van der Waals surface area contributed by atoms with Crippen LogP contribution in [0.25, 0.3) is 0 Å². The fraction of sp³-hybridized carbons (Fsp3) is 0.583. The summed E-state index contributed by atoms with van der Waals surface area (Å²) >= 11 is 5.68. The van der Waals surface area contributed by atoms with Crippen molar-refractivity contribution in [1.82, 2.24) is 4.98 Å². The lowest BCUT2D eigenvalue weighted by Crippen LogP contribution is -1.96. The van der Waals surface area contributed by atoms with Gasteiger partial charge in [-0.05, 0) is 18.1 Å². The average molecular weight is 228 g/mol. The number of nitrogens with zero attached hydrogens (tertiary/aromatic N) is 1. The number of unbranched alkanes of at least 4 members (excludes halogenated alkanes) is 3. The number of aromatic nitrogens is 1. The van der Waals surface area contributed by atoms with E-state index in [9.17, 15) is 0 Å². The Labute approximate surface area is 96.6 Å². The molecule has 1 rings (SSSR count). The summed E-state index contributed by atoms with van der Waals surface area (Å²) in [7, 11) is 0. The van der Waals surface area contributed by atoms with Gasteiger partial charge in [-0.25, -0.2) is 4.98 Å². The molecule has 0 fully saturated rings. The molecule has 15 heavy (non-hydrogen) atoms. The third-order valence-corrected chi connectivity index (χ3v) is 2.42. The van der Waals surface area contributed by atoms with Gasteiger partial charge in [-0.3, -0.25) is 0 Å². The highest BCUT2D eigenvalue weighted by Gasteiger charge is 1.94. The first-order chi connectivity index (χ1) is 7.33. The molecule has 0 saturated carbocycles. The van der Waals surface area contributed by atoms with E-state index in [2.05, 4.69) is 11.9 Å². The van der Waals surface area contributed by atoms with Crippen molar-refractivity contribution in [2.75, 3.05) is 6.61 Å². The highest BCUT2D eigenvalue weighted by Crippen LogP contribution is 2.07. The van der Waals surface area contributed by atoms with Gasteiger partial charge in [0.2, 0.25) is 0 Å². The number of hydrogen-bond donors (Lipinski definition) is 0. The molecular weight excluding hydrogens is 210 g/mol. The summed E-state index contributed by atoms with van der Waals surface area (Å²) in [6.45, 7) is 3.68. The summed E-state index contributed by atoms with van der Waals surface area (Å²) in [5.74, 6) is 0. The Bertz CT molecular complexity index is 261. The molecule has 0 N–H and O–H groups in total. The summed E-state index contributed by atoms with van der Waals surface area (Å²) < 4.78 is 5.52. The van der Waals surface area contributed by atoms with Crippen LogP contribution in [0.4, 0.5) is 0 Å². The Hall–Kier alpha value is -0.600. The first-order valence-electron chi connectivity index (χ1n) is 5.51. The van der Waals surface area contributed by atoms with Crippen LogP contribution in [0.3, 0.4) is 0 Å². The number of rotatable bonds is 7. The fourth-order valence-corrected chi connectivity index (χ4v) is 1.42. The first kappa shape index (κ1) is 12.5. The fourth-order valence-electron chi connectivity index (χ4n) is 1.31. The predicted octanol–water partition coefficient (Wildman–Crippen LogP) is 3.83. The van der Waals surface area contributed by atoms with Gasteiger partial charge in [0.15, 0.2) is 0 Å². The summed E-state index contributed by atoms with van der Waals surface area (Å²) in [4.78, 5) is 3.99. The molecule has 0 atom stereocenters. The van der Waals surface area contributed by atoms with Gasteiger partial charge < -0.3 is 4.74 Å². The molecule has 1 aromatic heterocycles. The SMILES string of the molecule is CCCCCCOCc1ccc(Cl)nc1. The number of hydrogen-bond acceptors (Lipinski definition) is 2. The van der Waals surface area contributed by atoms with Crippen LogP contribution in [-0.4, -0.2) is 11.6 Å². The van der Waals surface area contributed by atoms with Gasteiger partial charge in [-0.15, -0.1) is 0 Å². The van der Waals surface area contributed by atoms with Crippen LogP contribution in [0.5, 0.6) is 0 Å². The topological polar surface area (TPSA) is 22.1 Å². The molecule has 0 bridgehead atoms. The van der Waals surface area contributed by atoms with Crippen LogP contribution in [0.1, 0.15) is 38.2 Å². The van der Waals surface area contributed by atoms with Crippen LogP contribution in [0, 0.1) is 0 Å². The van der Waals surface area contributed by atoms with Crippen molar-refractivity contribution in [3.63, 3.8) is 0 Å². The monoisotopic (exact) mass is 227 g/mol. The molecule has 0 aromatic carbocycles. The van der Waals surface area contributed by atoms with Crippen molar-refractivity contribution in [3.8, 4) is 0 Å². The molecule has 1 aromatic rings. The van der Waals surface area contributed by atoms with Gasteiger partial charge in [-0.1, -0.05) is 43.9 Å². The highest BCUT2D eigenvalue weighted by molar-refractivity contribution is 6.29. The Morgan fingerprint density at radius 1 is 1.27 bits per heavy atom. The summed E-state index contributed by atoms with van der Waals surface area (Å²) in [5, 5.41) is 0.529. The Kier molecular flexibility index (Phi) is 6.37. The Morgan fingerprint density at radius 3 is 2.80 bits per heavy atom. The van der Waals surface area contributed by atoms with E-state index in [1.54, 1.807) is 12.3 Å². The maximum absolute atomic E-state index is 5.68. The summed E-state index contributed by atoms with van der Waals surface area (Å²) in [6, 6.07) is 3.73. The molecule has 0 amide bonds. The van der Waals surface area contributed by atoms with Crippen molar-refractivity contribution in [1.29, 1.82) is 0 Å². The van der Waals surface area contributed by atoms with Gasteiger partial charge in [0.05, 0.1) is 6.61 Å². The van der Waals surface area contributed by atoms with Crippen LogP contribution in [0.15, 0.2) is 18.3 Å². The second-order valence-electron chi connectivity index (χ2n) is 3.60.